The minimum Gasteiger partial charge on any atom is -0.550 e. The lowest BCUT2D eigenvalue weighted by atomic mass is 10.1. The second kappa shape index (κ2) is 9.32. The molecule has 0 saturated carbocycles. The van der Waals surface area contributed by atoms with Gasteiger partial charge in [-0.2, -0.15) is 16.3 Å². The van der Waals surface area contributed by atoms with Crippen molar-refractivity contribution in [1.29, 1.82) is 0 Å². The van der Waals surface area contributed by atoms with Crippen molar-refractivity contribution in [2.45, 2.75) is 26.7 Å². The third kappa shape index (κ3) is 5.53. The molecule has 7 heteroatoms. The number of nitrogens with zero attached hydrogens (tertiary/aromatic N) is 2. The minimum absolute atomic E-state index is 0.169. The topological polar surface area (TPSA) is 88.3 Å². The number of ether oxygens (including phenoxy) is 1. The first kappa shape index (κ1) is 19.8. The zero-order chi connectivity index (χ0) is 19.9. The number of aliphatic carboxylic acids is 1. The lowest BCUT2D eigenvalue weighted by molar-refractivity contribution is -0.304. The van der Waals surface area contributed by atoms with Crippen LogP contribution in [0.3, 0.4) is 0 Å². The number of benzene rings is 1. The van der Waals surface area contributed by atoms with Crippen LogP contribution in [0.15, 0.2) is 45.6 Å². The molecule has 0 unspecified atom stereocenters. The molecular weight excluding hydrogens is 376 g/mol. The van der Waals surface area contributed by atoms with Crippen molar-refractivity contribution in [2.75, 3.05) is 6.61 Å². The zero-order valence-corrected chi connectivity index (χ0v) is 16.6. The molecule has 0 saturated heterocycles. The Balaban J connectivity index is 1.78. The maximum atomic E-state index is 11.2. The predicted octanol–water partition coefficient (Wildman–Crippen LogP) is 3.90. The van der Waals surface area contributed by atoms with Crippen LogP contribution < -0.4 is 9.84 Å². The first-order valence-corrected chi connectivity index (χ1v) is 9.95. The third-order valence-electron chi connectivity index (χ3n) is 4.00. The molecule has 0 bridgehead atoms. The van der Waals surface area contributed by atoms with E-state index in [1.807, 2.05) is 41.1 Å². The van der Waals surface area contributed by atoms with Gasteiger partial charge in [0.2, 0.25) is 5.82 Å². The molecular formula is C21H21N2O4S-. The first-order valence-electron chi connectivity index (χ1n) is 9.01. The SMILES string of the molecule is CC(C)CCOc1ccc(/C=C(\CC(=O)[O-])c2nc(-c3ccsc3)no2)cc1. The summed E-state index contributed by atoms with van der Waals surface area (Å²) in [6, 6.07) is 9.30. The summed E-state index contributed by atoms with van der Waals surface area (Å²) < 4.78 is 11.0. The lowest BCUT2D eigenvalue weighted by Crippen LogP contribution is -2.22. The highest BCUT2D eigenvalue weighted by Crippen LogP contribution is 2.25. The highest BCUT2D eigenvalue weighted by atomic mass is 32.1. The molecule has 146 valence electrons. The summed E-state index contributed by atoms with van der Waals surface area (Å²) in [5, 5.41) is 18.9. The largest absolute Gasteiger partial charge is 0.550 e. The number of aromatic nitrogens is 2. The maximum absolute atomic E-state index is 11.2. The molecule has 2 heterocycles. The van der Waals surface area contributed by atoms with Crippen LogP contribution in [-0.4, -0.2) is 22.7 Å². The highest BCUT2D eigenvalue weighted by molar-refractivity contribution is 7.08. The average Bonchev–Trinajstić information content (AvgIpc) is 3.33. The third-order valence-corrected chi connectivity index (χ3v) is 4.68. The Morgan fingerprint density at radius 1 is 1.29 bits per heavy atom. The molecule has 0 amide bonds. The summed E-state index contributed by atoms with van der Waals surface area (Å²) >= 11 is 1.52. The number of carbonyl (C=O) groups is 1. The zero-order valence-electron chi connectivity index (χ0n) is 15.8. The van der Waals surface area contributed by atoms with Crippen molar-refractivity contribution in [3.63, 3.8) is 0 Å². The van der Waals surface area contributed by atoms with E-state index in [4.69, 9.17) is 9.26 Å². The summed E-state index contributed by atoms with van der Waals surface area (Å²) in [6.45, 7) is 4.96. The van der Waals surface area contributed by atoms with Gasteiger partial charge in [0.05, 0.1) is 6.61 Å². The van der Waals surface area contributed by atoms with Gasteiger partial charge in [-0.15, -0.1) is 0 Å². The van der Waals surface area contributed by atoms with Gasteiger partial charge in [0.1, 0.15) is 5.75 Å². The van der Waals surface area contributed by atoms with E-state index in [-0.39, 0.29) is 12.3 Å². The van der Waals surface area contributed by atoms with Gasteiger partial charge >= 0.3 is 0 Å². The molecule has 0 radical (unpaired) electrons. The van der Waals surface area contributed by atoms with E-state index in [1.54, 1.807) is 6.08 Å². The highest BCUT2D eigenvalue weighted by Gasteiger charge is 2.14. The molecule has 3 rings (SSSR count). The second-order valence-electron chi connectivity index (χ2n) is 6.75. The van der Waals surface area contributed by atoms with Gasteiger partial charge in [-0.1, -0.05) is 31.1 Å². The van der Waals surface area contributed by atoms with Gasteiger partial charge in [-0.05, 0) is 47.6 Å². The molecule has 3 aromatic rings. The molecule has 0 N–H and O–H groups in total. The molecule has 28 heavy (non-hydrogen) atoms. The summed E-state index contributed by atoms with van der Waals surface area (Å²) in [5.41, 5.74) is 2.03. The van der Waals surface area contributed by atoms with E-state index >= 15 is 0 Å². The summed E-state index contributed by atoms with van der Waals surface area (Å²) in [7, 11) is 0. The van der Waals surface area contributed by atoms with E-state index < -0.39 is 5.97 Å². The molecule has 0 aliphatic rings. The van der Waals surface area contributed by atoms with Crippen molar-refractivity contribution >= 4 is 29.0 Å². The number of rotatable bonds is 9. The van der Waals surface area contributed by atoms with Gasteiger partial charge in [0.15, 0.2) is 0 Å². The Hall–Kier alpha value is -2.93. The van der Waals surface area contributed by atoms with Gasteiger partial charge in [-0.3, -0.25) is 0 Å². The van der Waals surface area contributed by atoms with Crippen LogP contribution in [0.25, 0.3) is 23.0 Å². The normalized spacial score (nSPS) is 11.8. The average molecular weight is 397 g/mol. The molecule has 0 aliphatic heterocycles. The van der Waals surface area contributed by atoms with Crippen molar-refractivity contribution in [3.05, 3.63) is 52.5 Å². The number of carboxylic acid groups (broad SMARTS) is 1. The standard InChI is InChI=1S/C21H22N2O4S/c1-14(2)7-9-26-18-5-3-15(4-6-18)11-17(12-19(24)25)21-22-20(23-27-21)16-8-10-28-13-16/h3-6,8,10-11,13-14H,7,9,12H2,1-2H3,(H,24,25)/p-1/b17-11+. The Bertz CT molecular complexity index is 928. The molecule has 0 spiro atoms. The van der Waals surface area contributed by atoms with E-state index in [2.05, 4.69) is 24.0 Å². The smallest absolute Gasteiger partial charge is 0.254 e. The maximum Gasteiger partial charge on any atom is 0.254 e. The van der Waals surface area contributed by atoms with Crippen molar-refractivity contribution < 1.29 is 19.2 Å². The van der Waals surface area contributed by atoms with Crippen molar-refractivity contribution in [1.82, 2.24) is 10.1 Å². The number of hydrogen-bond acceptors (Lipinski definition) is 7. The Morgan fingerprint density at radius 3 is 2.71 bits per heavy atom. The summed E-state index contributed by atoms with van der Waals surface area (Å²) in [4.78, 5) is 15.5. The fourth-order valence-corrected chi connectivity index (χ4v) is 3.12. The molecule has 2 aromatic heterocycles. The van der Waals surface area contributed by atoms with E-state index in [1.165, 1.54) is 11.3 Å². The second-order valence-corrected chi connectivity index (χ2v) is 7.53. The van der Waals surface area contributed by atoms with Gasteiger partial charge < -0.3 is 19.2 Å². The van der Waals surface area contributed by atoms with Crippen LogP contribution in [0.1, 0.15) is 38.1 Å². The van der Waals surface area contributed by atoms with Crippen LogP contribution in [0.5, 0.6) is 5.75 Å². The van der Waals surface area contributed by atoms with Crippen LogP contribution in [0.4, 0.5) is 0 Å². The number of hydrogen-bond donors (Lipinski definition) is 0. The van der Waals surface area contributed by atoms with Crippen LogP contribution >= 0.6 is 11.3 Å². The van der Waals surface area contributed by atoms with Gasteiger partial charge in [0.25, 0.3) is 5.89 Å². The molecule has 1 aromatic carbocycles. The van der Waals surface area contributed by atoms with E-state index in [0.717, 1.165) is 23.3 Å². The Morgan fingerprint density at radius 2 is 2.07 bits per heavy atom. The summed E-state index contributed by atoms with van der Waals surface area (Å²) in [5.74, 6) is 0.742. The van der Waals surface area contributed by atoms with Crippen molar-refractivity contribution in [3.8, 4) is 17.1 Å². The van der Waals surface area contributed by atoms with E-state index in [9.17, 15) is 9.90 Å². The number of carboxylic acids is 1. The quantitative estimate of drug-likeness (QED) is 0.544. The molecule has 0 atom stereocenters. The molecule has 0 aliphatic carbocycles. The van der Waals surface area contributed by atoms with Gasteiger partial charge in [0, 0.05) is 28.9 Å². The lowest BCUT2D eigenvalue weighted by Gasteiger charge is -2.08. The Labute approximate surface area is 167 Å². The number of thiophene rings is 1. The fourth-order valence-electron chi connectivity index (χ4n) is 2.48. The van der Waals surface area contributed by atoms with E-state index in [0.29, 0.717) is 23.9 Å². The van der Waals surface area contributed by atoms with Crippen LogP contribution in [-0.2, 0) is 4.79 Å². The van der Waals surface area contributed by atoms with Crippen LogP contribution in [0, 0.1) is 5.92 Å². The van der Waals surface area contributed by atoms with Crippen LogP contribution in [0.2, 0.25) is 0 Å². The number of carbonyl (C=O) groups excluding carboxylic acids is 1. The fraction of sp³-hybridized carbons (Fsp3) is 0.286. The minimum atomic E-state index is -1.21. The Kier molecular flexibility index (Phi) is 6.60. The van der Waals surface area contributed by atoms with Gasteiger partial charge in [-0.25, -0.2) is 0 Å². The summed E-state index contributed by atoms with van der Waals surface area (Å²) in [6.07, 6.45) is 2.37. The molecule has 0 fully saturated rings. The monoisotopic (exact) mass is 397 g/mol. The predicted molar refractivity (Wildman–Crippen MR) is 106 cm³/mol. The first-order chi connectivity index (χ1) is 13.5. The molecule has 6 nitrogen and oxygen atoms in total. The van der Waals surface area contributed by atoms with Crippen molar-refractivity contribution in [2.24, 2.45) is 5.92 Å².